The number of nitrogens with zero attached hydrogens (tertiary/aromatic N) is 2. The molecule has 2 rings (SSSR count). The summed E-state index contributed by atoms with van der Waals surface area (Å²) in [6.07, 6.45) is 6.99. The lowest BCUT2D eigenvalue weighted by Crippen LogP contribution is -2.44. The summed E-state index contributed by atoms with van der Waals surface area (Å²) in [5.41, 5.74) is 1.04. The van der Waals surface area contributed by atoms with Crippen LogP contribution in [0.15, 0.2) is 65.8 Å². The first-order valence-corrected chi connectivity index (χ1v) is 10.8. The molecule has 2 aromatic rings. The van der Waals surface area contributed by atoms with Crippen LogP contribution >= 0.6 is 0 Å². The normalized spacial score (nSPS) is 11.7. The van der Waals surface area contributed by atoms with E-state index in [0.717, 1.165) is 37.0 Å². The number of unbranched alkanes of at least 4 members (excludes halogenated alkanes) is 1. The summed E-state index contributed by atoms with van der Waals surface area (Å²) >= 11 is 0. The summed E-state index contributed by atoms with van der Waals surface area (Å²) in [6.45, 7) is 9.17. The van der Waals surface area contributed by atoms with Crippen LogP contribution in [0.5, 0.6) is 0 Å². The molecule has 5 nitrogen and oxygen atoms in total. The molecule has 0 aliphatic rings. The van der Waals surface area contributed by atoms with Crippen molar-refractivity contribution in [2.45, 2.75) is 52.6 Å². The van der Waals surface area contributed by atoms with Gasteiger partial charge in [0.15, 0.2) is 0 Å². The Morgan fingerprint density at radius 1 is 1.07 bits per heavy atom. The van der Waals surface area contributed by atoms with E-state index in [0.29, 0.717) is 19.6 Å². The fourth-order valence-electron chi connectivity index (χ4n) is 3.49. The third-order valence-corrected chi connectivity index (χ3v) is 5.23. The first-order valence-electron chi connectivity index (χ1n) is 10.8. The maximum atomic E-state index is 13.2. The molecule has 0 bridgehead atoms. The smallest absolute Gasteiger partial charge is 0.242 e. The Bertz CT molecular complexity index is 771. The highest BCUT2D eigenvalue weighted by molar-refractivity contribution is 5.86. The zero-order valence-corrected chi connectivity index (χ0v) is 18.3. The molecule has 0 unspecified atom stereocenters. The second kappa shape index (κ2) is 12.7. The van der Waals surface area contributed by atoms with E-state index < -0.39 is 0 Å². The van der Waals surface area contributed by atoms with Crippen molar-refractivity contribution < 1.29 is 14.0 Å². The van der Waals surface area contributed by atoms with Crippen molar-refractivity contribution in [2.24, 2.45) is 5.92 Å². The SMILES string of the molecule is C=CCN(CC(=O)N(Cc1ccccc1)Cc1ccco1)C(=O)[C@H](CC)CCCC. The second-order valence-electron chi connectivity index (χ2n) is 7.57. The second-order valence-corrected chi connectivity index (χ2v) is 7.57. The lowest BCUT2D eigenvalue weighted by atomic mass is 9.97. The van der Waals surface area contributed by atoms with Crippen molar-refractivity contribution in [1.82, 2.24) is 9.80 Å². The molecule has 0 aliphatic heterocycles. The van der Waals surface area contributed by atoms with Crippen molar-refractivity contribution in [3.05, 3.63) is 72.7 Å². The largest absolute Gasteiger partial charge is 0.467 e. The van der Waals surface area contributed by atoms with Gasteiger partial charge in [-0.05, 0) is 30.5 Å². The third-order valence-electron chi connectivity index (χ3n) is 5.23. The van der Waals surface area contributed by atoms with Gasteiger partial charge in [0.2, 0.25) is 11.8 Å². The first kappa shape index (κ1) is 23.5. The van der Waals surface area contributed by atoms with Gasteiger partial charge in [-0.2, -0.15) is 0 Å². The van der Waals surface area contributed by atoms with Crippen LogP contribution in [0.3, 0.4) is 0 Å². The van der Waals surface area contributed by atoms with Gasteiger partial charge in [0.1, 0.15) is 12.3 Å². The van der Waals surface area contributed by atoms with Crippen molar-refractivity contribution in [2.75, 3.05) is 13.1 Å². The Morgan fingerprint density at radius 3 is 2.43 bits per heavy atom. The quantitative estimate of drug-likeness (QED) is 0.435. The lowest BCUT2D eigenvalue weighted by Gasteiger charge is -2.29. The topological polar surface area (TPSA) is 53.8 Å². The molecule has 30 heavy (non-hydrogen) atoms. The Kier molecular flexibility index (Phi) is 9.92. The summed E-state index contributed by atoms with van der Waals surface area (Å²) in [7, 11) is 0. The minimum atomic E-state index is -0.101. The van der Waals surface area contributed by atoms with Gasteiger partial charge in [-0.25, -0.2) is 0 Å². The van der Waals surface area contributed by atoms with Gasteiger partial charge in [0, 0.05) is 19.0 Å². The molecule has 1 aromatic carbocycles. The Hall–Kier alpha value is -2.82. The van der Waals surface area contributed by atoms with E-state index >= 15 is 0 Å². The van der Waals surface area contributed by atoms with E-state index in [9.17, 15) is 9.59 Å². The number of carbonyl (C=O) groups excluding carboxylic acids is 2. The van der Waals surface area contributed by atoms with Crippen LogP contribution in [0.25, 0.3) is 0 Å². The zero-order chi connectivity index (χ0) is 21.8. The van der Waals surface area contributed by atoms with Crippen LogP contribution < -0.4 is 0 Å². The monoisotopic (exact) mass is 410 g/mol. The molecule has 2 amide bonds. The van der Waals surface area contributed by atoms with Crippen LogP contribution in [0.4, 0.5) is 0 Å². The van der Waals surface area contributed by atoms with Crippen LogP contribution in [0, 0.1) is 5.92 Å². The third kappa shape index (κ3) is 7.21. The highest BCUT2D eigenvalue weighted by atomic mass is 16.3. The van der Waals surface area contributed by atoms with Gasteiger partial charge in [-0.1, -0.05) is 63.1 Å². The van der Waals surface area contributed by atoms with Gasteiger partial charge < -0.3 is 14.2 Å². The van der Waals surface area contributed by atoms with E-state index in [1.165, 1.54) is 0 Å². The molecule has 0 fully saturated rings. The molecule has 0 radical (unpaired) electrons. The Morgan fingerprint density at radius 2 is 1.83 bits per heavy atom. The minimum absolute atomic E-state index is 0.0388. The lowest BCUT2D eigenvalue weighted by molar-refractivity contribution is -0.143. The van der Waals surface area contributed by atoms with E-state index in [1.54, 1.807) is 22.1 Å². The highest BCUT2D eigenvalue weighted by Crippen LogP contribution is 2.17. The number of amides is 2. The highest BCUT2D eigenvalue weighted by Gasteiger charge is 2.26. The van der Waals surface area contributed by atoms with Gasteiger partial charge in [0.25, 0.3) is 0 Å². The van der Waals surface area contributed by atoms with E-state index in [2.05, 4.69) is 13.5 Å². The van der Waals surface area contributed by atoms with Gasteiger partial charge in [-0.3, -0.25) is 9.59 Å². The Labute approximate surface area is 180 Å². The van der Waals surface area contributed by atoms with E-state index in [-0.39, 0.29) is 24.3 Å². The summed E-state index contributed by atoms with van der Waals surface area (Å²) in [6, 6.07) is 13.5. The number of hydrogen-bond donors (Lipinski definition) is 0. The molecule has 0 saturated carbocycles. The van der Waals surface area contributed by atoms with Crippen molar-refractivity contribution in [1.29, 1.82) is 0 Å². The standard InChI is InChI=1S/C25H34N2O3/c1-4-7-14-22(6-3)25(29)26(16-5-2)20-24(28)27(19-23-15-11-17-30-23)18-21-12-9-8-10-13-21/h5,8-13,15,17,22H,2,4,6-7,14,16,18-20H2,1,3H3/t22-/m1/s1. The van der Waals surface area contributed by atoms with Crippen molar-refractivity contribution >= 4 is 11.8 Å². The average molecular weight is 411 g/mol. The fourth-order valence-corrected chi connectivity index (χ4v) is 3.49. The van der Waals surface area contributed by atoms with Crippen LogP contribution in [-0.4, -0.2) is 34.7 Å². The van der Waals surface area contributed by atoms with Gasteiger partial charge in [0.05, 0.1) is 12.8 Å². The predicted molar refractivity (Wildman–Crippen MR) is 119 cm³/mol. The maximum absolute atomic E-state index is 13.2. The minimum Gasteiger partial charge on any atom is -0.467 e. The van der Waals surface area contributed by atoms with E-state index in [4.69, 9.17) is 4.42 Å². The molecule has 0 saturated heterocycles. The number of rotatable bonds is 13. The molecular weight excluding hydrogens is 376 g/mol. The zero-order valence-electron chi connectivity index (χ0n) is 18.3. The maximum Gasteiger partial charge on any atom is 0.242 e. The van der Waals surface area contributed by atoms with Crippen molar-refractivity contribution in [3.63, 3.8) is 0 Å². The number of carbonyl (C=O) groups is 2. The molecular formula is C25H34N2O3. The summed E-state index contributed by atoms with van der Waals surface area (Å²) in [5, 5.41) is 0. The molecule has 0 spiro atoms. The average Bonchev–Trinajstić information content (AvgIpc) is 3.27. The molecule has 0 N–H and O–H groups in total. The van der Waals surface area contributed by atoms with Crippen LogP contribution in [0.1, 0.15) is 50.9 Å². The van der Waals surface area contributed by atoms with Crippen molar-refractivity contribution in [3.8, 4) is 0 Å². The summed E-state index contributed by atoms with van der Waals surface area (Å²) in [4.78, 5) is 29.7. The molecule has 1 aromatic heterocycles. The molecule has 0 aliphatic carbocycles. The van der Waals surface area contributed by atoms with Crippen LogP contribution in [0.2, 0.25) is 0 Å². The fraction of sp³-hybridized carbons (Fsp3) is 0.440. The molecule has 162 valence electrons. The molecule has 5 heteroatoms. The summed E-state index contributed by atoms with van der Waals surface area (Å²) < 4.78 is 5.46. The van der Waals surface area contributed by atoms with Gasteiger partial charge in [-0.15, -0.1) is 6.58 Å². The number of hydrogen-bond acceptors (Lipinski definition) is 3. The van der Waals surface area contributed by atoms with E-state index in [1.807, 2.05) is 49.4 Å². The number of furan rings is 1. The van der Waals surface area contributed by atoms with Crippen LogP contribution in [-0.2, 0) is 22.7 Å². The molecule has 1 heterocycles. The van der Waals surface area contributed by atoms with Gasteiger partial charge >= 0.3 is 0 Å². The Balaban J connectivity index is 2.14. The summed E-state index contributed by atoms with van der Waals surface area (Å²) in [5.74, 6) is 0.605. The predicted octanol–water partition coefficient (Wildman–Crippen LogP) is 5.04. The first-order chi connectivity index (χ1) is 14.6. The molecule has 1 atom stereocenters. The number of benzene rings is 1.